The first-order chi connectivity index (χ1) is 17.7. The highest BCUT2D eigenvalue weighted by atomic mass is 16.6. The number of hydrogen-bond donors (Lipinski definition) is 3. The van der Waals surface area contributed by atoms with Crippen LogP contribution >= 0.6 is 0 Å². The second-order valence-electron chi connectivity index (χ2n) is 11.9. The predicted octanol–water partition coefficient (Wildman–Crippen LogP) is 4.35. The van der Waals surface area contributed by atoms with Crippen LogP contribution in [-0.2, 0) is 20.8 Å². The lowest BCUT2D eigenvalue weighted by molar-refractivity contribution is -0.139. The summed E-state index contributed by atoms with van der Waals surface area (Å²) in [7, 11) is 0. The van der Waals surface area contributed by atoms with Crippen LogP contribution in [0.25, 0.3) is 0 Å². The molecule has 38 heavy (non-hydrogen) atoms. The Morgan fingerprint density at radius 1 is 0.816 bits per heavy atom. The second-order valence-corrected chi connectivity index (χ2v) is 11.9. The Bertz CT molecular complexity index is 1070. The molecule has 0 aliphatic heterocycles. The number of aliphatic hydroxyl groups is 1. The van der Waals surface area contributed by atoms with Gasteiger partial charge < -0.3 is 25.2 Å². The summed E-state index contributed by atoms with van der Waals surface area (Å²) >= 11 is 0. The number of rotatable bonds is 12. The van der Waals surface area contributed by atoms with Gasteiger partial charge in [-0.1, -0.05) is 77.9 Å². The van der Waals surface area contributed by atoms with E-state index in [0.717, 1.165) is 5.56 Å². The van der Waals surface area contributed by atoms with Crippen LogP contribution in [-0.4, -0.2) is 42.6 Å². The van der Waals surface area contributed by atoms with Crippen molar-refractivity contribution >= 4 is 17.8 Å². The molecule has 0 aliphatic rings. The van der Waals surface area contributed by atoms with E-state index in [-0.39, 0.29) is 47.6 Å². The van der Waals surface area contributed by atoms with Crippen LogP contribution in [0.3, 0.4) is 0 Å². The van der Waals surface area contributed by atoms with Crippen molar-refractivity contribution in [2.45, 2.75) is 66.9 Å². The van der Waals surface area contributed by atoms with Gasteiger partial charge in [0.1, 0.15) is 0 Å². The Hall–Kier alpha value is -3.23. The fourth-order valence-electron chi connectivity index (χ4n) is 3.57. The van der Waals surface area contributed by atoms with Crippen molar-refractivity contribution < 1.29 is 29.0 Å². The lowest BCUT2D eigenvalue weighted by atomic mass is 9.92. The Morgan fingerprint density at radius 2 is 1.39 bits per heavy atom. The van der Waals surface area contributed by atoms with Crippen molar-refractivity contribution in [3.8, 4) is 11.5 Å². The molecule has 0 saturated carbocycles. The van der Waals surface area contributed by atoms with E-state index < -0.39 is 18.0 Å². The highest BCUT2D eigenvalue weighted by Gasteiger charge is 2.23. The van der Waals surface area contributed by atoms with Crippen molar-refractivity contribution in [1.82, 2.24) is 10.6 Å². The number of amides is 1. The molecule has 8 heteroatoms. The van der Waals surface area contributed by atoms with Gasteiger partial charge in [-0.25, -0.2) is 0 Å². The molecule has 0 aliphatic carbocycles. The number of hydrogen-bond acceptors (Lipinski definition) is 7. The second kappa shape index (κ2) is 14.1. The number of ether oxygens (including phenoxy) is 2. The zero-order valence-corrected chi connectivity index (χ0v) is 23.4. The van der Waals surface area contributed by atoms with E-state index in [2.05, 4.69) is 10.6 Å². The number of aliphatic hydroxyl groups excluding tert-OH is 1. The number of nitrogens with one attached hydrogen (secondary N) is 2. The summed E-state index contributed by atoms with van der Waals surface area (Å²) in [6.45, 7) is 12.7. The first kappa shape index (κ1) is 31.0. The largest absolute Gasteiger partial charge is 0.423 e. The molecular weight excluding hydrogens is 484 g/mol. The molecule has 208 valence electrons. The molecule has 1 amide bonds. The average Bonchev–Trinajstić information content (AvgIpc) is 2.78. The van der Waals surface area contributed by atoms with Crippen LogP contribution in [0.4, 0.5) is 0 Å². The maximum atomic E-state index is 12.5. The maximum absolute atomic E-state index is 12.5. The quantitative estimate of drug-likeness (QED) is 0.214. The molecule has 8 nitrogen and oxygen atoms in total. The minimum atomic E-state index is -0.908. The molecule has 0 heterocycles. The van der Waals surface area contributed by atoms with Crippen LogP contribution in [0.1, 0.15) is 71.6 Å². The van der Waals surface area contributed by atoms with Crippen LogP contribution in [0.5, 0.6) is 11.5 Å². The van der Waals surface area contributed by atoms with Gasteiger partial charge in [0.25, 0.3) is 0 Å². The zero-order valence-electron chi connectivity index (χ0n) is 23.4. The minimum Gasteiger partial charge on any atom is -0.423 e. The number of carbonyl (C=O) groups excluding carboxylic acids is 3. The Labute approximate surface area is 226 Å². The number of esters is 2. The van der Waals surface area contributed by atoms with Crippen molar-refractivity contribution in [1.29, 1.82) is 0 Å². The van der Waals surface area contributed by atoms with Crippen LogP contribution in [0.15, 0.2) is 48.5 Å². The van der Waals surface area contributed by atoms with Crippen LogP contribution < -0.4 is 20.1 Å². The lowest BCUT2D eigenvalue weighted by Gasteiger charge is -2.20. The first-order valence-electron chi connectivity index (χ1n) is 13.0. The molecule has 1 unspecified atom stereocenters. The van der Waals surface area contributed by atoms with Crippen LogP contribution in [0.2, 0.25) is 0 Å². The SMILES string of the molecule is CC(C)(C)CC(=O)Oc1ccc(C(O)CNCCNC(=O)Cc2ccccc2)cc1OC(=O)CC(C)(C)C. The monoisotopic (exact) mass is 526 g/mol. The van der Waals surface area contributed by atoms with E-state index in [0.29, 0.717) is 25.1 Å². The maximum Gasteiger partial charge on any atom is 0.311 e. The first-order valence-corrected chi connectivity index (χ1v) is 13.0. The molecular formula is C30H42N2O6. The summed E-state index contributed by atoms with van der Waals surface area (Å²) in [6, 6.07) is 14.2. The third-order valence-corrected chi connectivity index (χ3v) is 5.32. The van der Waals surface area contributed by atoms with Gasteiger partial charge in [-0.2, -0.15) is 0 Å². The predicted molar refractivity (Wildman–Crippen MR) is 147 cm³/mol. The molecule has 0 aromatic heterocycles. The van der Waals surface area contributed by atoms with Gasteiger partial charge >= 0.3 is 11.9 Å². The van der Waals surface area contributed by atoms with E-state index in [1.54, 1.807) is 6.07 Å². The summed E-state index contributed by atoms with van der Waals surface area (Å²) in [5, 5.41) is 16.7. The van der Waals surface area contributed by atoms with E-state index in [4.69, 9.17) is 9.47 Å². The van der Waals surface area contributed by atoms with E-state index in [1.165, 1.54) is 12.1 Å². The molecule has 0 spiro atoms. The third kappa shape index (κ3) is 12.3. The molecule has 1 atom stereocenters. The third-order valence-electron chi connectivity index (χ3n) is 5.32. The number of benzene rings is 2. The number of carbonyl (C=O) groups is 3. The molecule has 0 bridgehead atoms. The Morgan fingerprint density at radius 3 is 1.97 bits per heavy atom. The van der Waals surface area contributed by atoms with Crippen molar-refractivity contribution in [3.05, 3.63) is 59.7 Å². The fraction of sp³-hybridized carbons (Fsp3) is 0.500. The molecule has 0 fully saturated rings. The van der Waals surface area contributed by atoms with Crippen LogP contribution in [0, 0.1) is 10.8 Å². The standard InChI is InChI=1S/C30H42N2O6/c1-29(2,3)18-27(35)37-24-13-12-22(17-25(24)38-28(36)19-30(4,5)6)23(33)20-31-14-15-32-26(34)16-21-10-8-7-9-11-21/h7-13,17,23,31,33H,14-16,18-20H2,1-6H3,(H,32,34). The topological polar surface area (TPSA) is 114 Å². The van der Waals surface area contributed by atoms with Gasteiger partial charge in [0.2, 0.25) is 5.91 Å². The Balaban J connectivity index is 1.96. The molecule has 0 radical (unpaired) electrons. The lowest BCUT2D eigenvalue weighted by Crippen LogP contribution is -2.34. The molecule has 2 aromatic carbocycles. The van der Waals surface area contributed by atoms with E-state index in [1.807, 2.05) is 71.9 Å². The molecule has 2 aromatic rings. The van der Waals surface area contributed by atoms with Crippen molar-refractivity contribution in [2.24, 2.45) is 10.8 Å². The molecule has 2 rings (SSSR count). The summed E-state index contributed by atoms with van der Waals surface area (Å²) in [5.41, 5.74) is 0.903. The molecule has 0 saturated heterocycles. The van der Waals surface area contributed by atoms with Gasteiger partial charge in [-0.3, -0.25) is 14.4 Å². The van der Waals surface area contributed by atoms with Gasteiger partial charge in [-0.15, -0.1) is 0 Å². The van der Waals surface area contributed by atoms with Crippen molar-refractivity contribution in [3.63, 3.8) is 0 Å². The summed E-state index contributed by atoms with van der Waals surface area (Å²) in [6.07, 6.45) is -0.229. The van der Waals surface area contributed by atoms with Gasteiger partial charge in [0.15, 0.2) is 11.5 Å². The van der Waals surface area contributed by atoms with Crippen molar-refractivity contribution in [2.75, 3.05) is 19.6 Å². The average molecular weight is 527 g/mol. The highest BCUT2D eigenvalue weighted by molar-refractivity contribution is 5.78. The van der Waals surface area contributed by atoms with E-state index in [9.17, 15) is 19.5 Å². The smallest absolute Gasteiger partial charge is 0.311 e. The fourth-order valence-corrected chi connectivity index (χ4v) is 3.57. The Kier molecular flexibility index (Phi) is 11.5. The van der Waals surface area contributed by atoms with Gasteiger partial charge in [0.05, 0.1) is 25.4 Å². The van der Waals surface area contributed by atoms with E-state index >= 15 is 0 Å². The zero-order chi connectivity index (χ0) is 28.3. The highest BCUT2D eigenvalue weighted by Crippen LogP contribution is 2.33. The summed E-state index contributed by atoms with van der Waals surface area (Å²) < 4.78 is 11.1. The molecule has 3 N–H and O–H groups in total. The normalized spacial score (nSPS) is 12.5. The van der Waals surface area contributed by atoms with Gasteiger partial charge in [-0.05, 0) is 34.1 Å². The summed E-state index contributed by atoms with van der Waals surface area (Å²) in [5.74, 6) is -0.744. The summed E-state index contributed by atoms with van der Waals surface area (Å²) in [4.78, 5) is 37.0. The van der Waals surface area contributed by atoms with Gasteiger partial charge in [0, 0.05) is 19.6 Å². The minimum absolute atomic E-state index is 0.0724.